The predicted octanol–water partition coefficient (Wildman–Crippen LogP) is 3.18. The Morgan fingerprint density at radius 3 is 2.81 bits per heavy atom. The zero-order valence-corrected chi connectivity index (χ0v) is 9.25. The molecule has 1 heterocycles. The smallest absolute Gasteiger partial charge is 0.145 e. The van der Waals surface area contributed by atoms with Crippen molar-refractivity contribution in [1.29, 1.82) is 0 Å². The van der Waals surface area contributed by atoms with Crippen LogP contribution < -0.4 is 0 Å². The Labute approximate surface area is 97.6 Å². The molecule has 2 nitrogen and oxygen atoms in total. The van der Waals surface area contributed by atoms with Gasteiger partial charge in [0.05, 0.1) is 0 Å². The van der Waals surface area contributed by atoms with Crippen molar-refractivity contribution in [3.63, 3.8) is 0 Å². The Kier molecular flexibility index (Phi) is 3.01. The van der Waals surface area contributed by atoms with Crippen molar-refractivity contribution in [2.45, 2.75) is 6.42 Å². The molecule has 16 heavy (non-hydrogen) atoms. The zero-order valence-electron chi connectivity index (χ0n) is 8.43. The second-order valence-electron chi connectivity index (χ2n) is 3.49. The number of rotatable bonds is 2. The third-order valence-corrected chi connectivity index (χ3v) is 2.74. The van der Waals surface area contributed by atoms with Gasteiger partial charge in [-0.1, -0.05) is 30.4 Å². The fraction of sp³-hybridized carbons (Fsp3) is 0.0833. The van der Waals surface area contributed by atoms with E-state index in [1.807, 2.05) is 12.1 Å². The quantitative estimate of drug-likeness (QED) is 0.639. The lowest BCUT2D eigenvalue weighted by molar-refractivity contribution is 0.179. The number of hydrogen-bond donors (Lipinski definition) is 1. The van der Waals surface area contributed by atoms with Crippen molar-refractivity contribution in [3.8, 4) is 0 Å². The summed E-state index contributed by atoms with van der Waals surface area (Å²) in [7, 11) is 0. The Balaban J connectivity index is 2.34. The van der Waals surface area contributed by atoms with Crippen LogP contribution in [0.2, 0.25) is 0 Å². The monoisotopic (exact) mass is 235 g/mol. The molecule has 0 atom stereocenters. The first-order chi connectivity index (χ1) is 7.66. The van der Waals surface area contributed by atoms with Gasteiger partial charge < -0.3 is 5.21 Å². The SMILES string of the molecule is On1cccc(Cc2cccc(F)c2)c1=S. The van der Waals surface area contributed by atoms with Gasteiger partial charge in [-0.2, -0.15) is 4.73 Å². The minimum Gasteiger partial charge on any atom is -0.428 e. The van der Waals surface area contributed by atoms with E-state index in [0.717, 1.165) is 15.9 Å². The maximum atomic E-state index is 13.0. The second-order valence-corrected chi connectivity index (χ2v) is 3.88. The van der Waals surface area contributed by atoms with Gasteiger partial charge in [-0.15, -0.1) is 0 Å². The van der Waals surface area contributed by atoms with E-state index in [9.17, 15) is 9.60 Å². The Morgan fingerprint density at radius 2 is 2.06 bits per heavy atom. The lowest BCUT2D eigenvalue weighted by atomic mass is 10.1. The summed E-state index contributed by atoms with van der Waals surface area (Å²) in [4.78, 5) is 0. The van der Waals surface area contributed by atoms with E-state index < -0.39 is 0 Å². The molecular formula is C12H10FNOS. The van der Waals surface area contributed by atoms with Gasteiger partial charge in [-0.05, 0) is 29.3 Å². The zero-order chi connectivity index (χ0) is 11.5. The summed E-state index contributed by atoms with van der Waals surface area (Å²) >= 11 is 5.04. The second kappa shape index (κ2) is 4.45. The summed E-state index contributed by atoms with van der Waals surface area (Å²) in [6.45, 7) is 0. The molecule has 4 heteroatoms. The highest BCUT2D eigenvalue weighted by atomic mass is 32.1. The molecule has 0 saturated carbocycles. The average molecular weight is 235 g/mol. The molecule has 0 amide bonds. The molecule has 0 unspecified atom stereocenters. The van der Waals surface area contributed by atoms with Gasteiger partial charge in [0.2, 0.25) is 0 Å². The predicted molar refractivity (Wildman–Crippen MR) is 61.7 cm³/mol. The summed E-state index contributed by atoms with van der Waals surface area (Å²) < 4.78 is 14.2. The van der Waals surface area contributed by atoms with Crippen LogP contribution in [0.4, 0.5) is 4.39 Å². The molecule has 0 bridgehead atoms. The van der Waals surface area contributed by atoms with Crippen molar-refractivity contribution in [2.24, 2.45) is 0 Å². The minimum absolute atomic E-state index is 0.267. The maximum absolute atomic E-state index is 13.0. The van der Waals surface area contributed by atoms with Crippen molar-refractivity contribution in [1.82, 2.24) is 4.73 Å². The molecule has 0 fully saturated rings. The third kappa shape index (κ3) is 2.28. The van der Waals surface area contributed by atoms with Gasteiger partial charge >= 0.3 is 0 Å². The standard InChI is InChI=1S/C12H10FNOS/c13-11-5-1-3-9(8-11)7-10-4-2-6-14(15)12(10)16/h1-6,8,15H,7H2. The van der Waals surface area contributed by atoms with Gasteiger partial charge in [-0.25, -0.2) is 4.39 Å². The molecule has 2 aromatic rings. The van der Waals surface area contributed by atoms with Gasteiger partial charge in [0.1, 0.15) is 10.5 Å². The summed E-state index contributed by atoms with van der Waals surface area (Å²) in [5.41, 5.74) is 1.63. The first-order valence-electron chi connectivity index (χ1n) is 4.81. The molecule has 1 aromatic carbocycles. The van der Waals surface area contributed by atoms with Crippen LogP contribution in [0.3, 0.4) is 0 Å². The first-order valence-corrected chi connectivity index (χ1v) is 5.22. The van der Waals surface area contributed by atoms with Crippen LogP contribution in [-0.4, -0.2) is 9.94 Å². The van der Waals surface area contributed by atoms with Gasteiger partial charge in [0.15, 0.2) is 0 Å². The molecule has 2 rings (SSSR count). The molecule has 0 saturated heterocycles. The Morgan fingerprint density at radius 1 is 1.25 bits per heavy atom. The molecule has 0 spiro atoms. The summed E-state index contributed by atoms with van der Waals surface area (Å²) in [5.74, 6) is -0.267. The van der Waals surface area contributed by atoms with E-state index >= 15 is 0 Å². The van der Waals surface area contributed by atoms with E-state index in [1.54, 1.807) is 12.1 Å². The lowest BCUT2D eigenvalue weighted by Gasteiger charge is -2.04. The number of pyridine rings is 1. The number of nitrogens with zero attached hydrogens (tertiary/aromatic N) is 1. The highest BCUT2D eigenvalue weighted by Crippen LogP contribution is 2.11. The third-order valence-electron chi connectivity index (χ3n) is 2.29. The van der Waals surface area contributed by atoms with Crippen LogP contribution in [0.5, 0.6) is 0 Å². The minimum atomic E-state index is -0.267. The van der Waals surface area contributed by atoms with E-state index in [2.05, 4.69) is 0 Å². The molecule has 0 aliphatic carbocycles. The highest BCUT2D eigenvalue weighted by Gasteiger charge is 2.01. The number of aromatic nitrogens is 1. The molecule has 82 valence electrons. The fourth-order valence-electron chi connectivity index (χ4n) is 1.53. The van der Waals surface area contributed by atoms with Crippen LogP contribution in [0.1, 0.15) is 11.1 Å². The van der Waals surface area contributed by atoms with E-state index in [4.69, 9.17) is 12.2 Å². The molecule has 1 aromatic heterocycles. The normalized spacial score (nSPS) is 10.3. The van der Waals surface area contributed by atoms with Crippen LogP contribution in [-0.2, 0) is 6.42 Å². The average Bonchev–Trinajstić information content (AvgIpc) is 2.25. The summed E-state index contributed by atoms with van der Waals surface area (Å²) in [6.07, 6.45) is 1.98. The molecule has 0 aliphatic heterocycles. The van der Waals surface area contributed by atoms with Crippen molar-refractivity contribution in [2.75, 3.05) is 0 Å². The van der Waals surface area contributed by atoms with Crippen molar-refractivity contribution in [3.05, 3.63) is 64.2 Å². The molecule has 0 radical (unpaired) electrons. The summed E-state index contributed by atoms with van der Waals surface area (Å²) in [5, 5.41) is 9.37. The van der Waals surface area contributed by atoms with Gasteiger partial charge in [-0.3, -0.25) is 0 Å². The Hall–Kier alpha value is -1.68. The van der Waals surface area contributed by atoms with E-state index in [-0.39, 0.29) is 5.82 Å². The maximum Gasteiger partial charge on any atom is 0.145 e. The number of benzene rings is 1. The highest BCUT2D eigenvalue weighted by molar-refractivity contribution is 7.71. The largest absolute Gasteiger partial charge is 0.428 e. The molecule has 1 N–H and O–H groups in total. The van der Waals surface area contributed by atoms with Crippen LogP contribution in [0, 0.1) is 10.5 Å². The Bertz CT molecular complexity index is 565. The number of halogens is 1. The molecule has 0 aliphatic rings. The molecular weight excluding hydrogens is 225 g/mol. The lowest BCUT2D eigenvalue weighted by Crippen LogP contribution is -1.98. The fourth-order valence-corrected chi connectivity index (χ4v) is 1.73. The van der Waals surface area contributed by atoms with E-state index in [0.29, 0.717) is 11.1 Å². The van der Waals surface area contributed by atoms with Crippen LogP contribution in [0.15, 0.2) is 42.6 Å². The summed E-state index contributed by atoms with van der Waals surface area (Å²) in [6, 6.07) is 9.86. The van der Waals surface area contributed by atoms with Gasteiger partial charge in [0, 0.05) is 12.6 Å². The van der Waals surface area contributed by atoms with Crippen molar-refractivity contribution >= 4 is 12.2 Å². The van der Waals surface area contributed by atoms with E-state index in [1.165, 1.54) is 18.3 Å². The van der Waals surface area contributed by atoms with Crippen molar-refractivity contribution < 1.29 is 9.60 Å². The first kappa shape index (κ1) is 10.8. The van der Waals surface area contributed by atoms with Crippen LogP contribution in [0.25, 0.3) is 0 Å². The van der Waals surface area contributed by atoms with Crippen LogP contribution >= 0.6 is 12.2 Å². The topological polar surface area (TPSA) is 25.2 Å². The number of hydrogen-bond acceptors (Lipinski definition) is 2. The van der Waals surface area contributed by atoms with Gasteiger partial charge in [0.25, 0.3) is 0 Å².